The fraction of sp³-hybridized carbons (Fsp3) is 0.360. The van der Waals surface area contributed by atoms with E-state index in [0.29, 0.717) is 18.7 Å². The molecular formula is C25H24ClNO6. The number of Topliss-reactive ketones (excluding diaryl/α,β-unsaturated/α-hetero) is 1. The number of fused-ring (bicyclic) bond motifs is 2. The Morgan fingerprint density at radius 1 is 1.15 bits per heavy atom. The highest BCUT2D eigenvalue weighted by atomic mass is 35.5. The smallest absolute Gasteiger partial charge is 0.236 e. The maximum Gasteiger partial charge on any atom is 0.236 e. The number of rotatable bonds is 5. The molecule has 2 aromatic rings. The van der Waals surface area contributed by atoms with E-state index in [-0.39, 0.29) is 28.2 Å². The molecule has 8 heteroatoms. The van der Waals surface area contributed by atoms with Gasteiger partial charge in [0.2, 0.25) is 17.2 Å². The SMILES string of the molecule is COc1cc(OC)c2c(c1Cl)O[C@@]1(C(=O)C=C(NCC3Cc4ccccc4O3)C[C@H]1C)C2=O. The van der Waals surface area contributed by atoms with Crippen molar-refractivity contribution in [1.29, 1.82) is 0 Å². The molecule has 0 saturated heterocycles. The molecule has 0 aromatic heterocycles. The van der Waals surface area contributed by atoms with E-state index < -0.39 is 23.1 Å². The number of benzene rings is 2. The van der Waals surface area contributed by atoms with Gasteiger partial charge in [-0.1, -0.05) is 36.7 Å². The second-order valence-corrected chi connectivity index (χ2v) is 8.92. The van der Waals surface area contributed by atoms with E-state index in [0.717, 1.165) is 17.9 Å². The number of allylic oxidation sites excluding steroid dienone is 1. The van der Waals surface area contributed by atoms with Crippen LogP contribution in [0.15, 0.2) is 42.1 Å². The summed E-state index contributed by atoms with van der Waals surface area (Å²) < 4.78 is 22.7. The second kappa shape index (κ2) is 7.99. The molecule has 172 valence electrons. The van der Waals surface area contributed by atoms with Crippen molar-refractivity contribution in [2.45, 2.75) is 31.5 Å². The third-order valence-corrected chi connectivity index (χ3v) is 6.94. The van der Waals surface area contributed by atoms with Gasteiger partial charge in [0.25, 0.3) is 0 Å². The Hall–Kier alpha value is -3.19. The van der Waals surface area contributed by atoms with E-state index in [4.69, 9.17) is 30.5 Å². The third-order valence-electron chi connectivity index (χ3n) is 6.58. The molecule has 0 fully saturated rings. The van der Waals surface area contributed by atoms with Crippen LogP contribution in [-0.2, 0) is 11.2 Å². The predicted octanol–water partition coefficient (Wildman–Crippen LogP) is 3.76. The maximum atomic E-state index is 13.5. The Morgan fingerprint density at radius 2 is 1.91 bits per heavy atom. The van der Waals surface area contributed by atoms with Crippen molar-refractivity contribution in [3.05, 3.63) is 58.3 Å². The summed E-state index contributed by atoms with van der Waals surface area (Å²) in [5.74, 6) is 0.307. The summed E-state index contributed by atoms with van der Waals surface area (Å²) in [5, 5.41) is 3.47. The molecule has 0 bridgehead atoms. The minimum atomic E-state index is -1.67. The van der Waals surface area contributed by atoms with Gasteiger partial charge in [0, 0.05) is 30.2 Å². The van der Waals surface area contributed by atoms with E-state index in [2.05, 4.69) is 11.4 Å². The number of ketones is 2. The molecule has 33 heavy (non-hydrogen) atoms. The zero-order valence-electron chi connectivity index (χ0n) is 18.6. The van der Waals surface area contributed by atoms with Gasteiger partial charge in [-0.2, -0.15) is 0 Å². The van der Waals surface area contributed by atoms with Crippen molar-refractivity contribution >= 4 is 23.2 Å². The van der Waals surface area contributed by atoms with Gasteiger partial charge >= 0.3 is 0 Å². The molecule has 3 atom stereocenters. The van der Waals surface area contributed by atoms with Crippen LogP contribution in [0.2, 0.25) is 5.02 Å². The lowest BCUT2D eigenvalue weighted by molar-refractivity contribution is -0.129. The largest absolute Gasteiger partial charge is 0.496 e. The highest BCUT2D eigenvalue weighted by Gasteiger charge is 2.60. The number of nitrogens with one attached hydrogen (secondary N) is 1. The molecule has 0 radical (unpaired) electrons. The Morgan fingerprint density at radius 3 is 2.61 bits per heavy atom. The average molecular weight is 470 g/mol. The van der Waals surface area contributed by atoms with Crippen LogP contribution in [0.1, 0.15) is 29.3 Å². The fourth-order valence-corrected chi connectivity index (χ4v) is 5.13. The molecule has 1 spiro atoms. The first kappa shape index (κ1) is 21.6. The van der Waals surface area contributed by atoms with Crippen LogP contribution in [0.3, 0.4) is 0 Å². The molecule has 2 aromatic carbocycles. The highest BCUT2D eigenvalue weighted by molar-refractivity contribution is 6.36. The summed E-state index contributed by atoms with van der Waals surface area (Å²) in [7, 11) is 2.90. The van der Waals surface area contributed by atoms with Gasteiger partial charge in [-0.05, 0) is 18.1 Å². The quantitative estimate of drug-likeness (QED) is 0.667. The monoisotopic (exact) mass is 469 g/mol. The standard InChI is InChI=1S/C25H24ClNO6/c1-13-8-15(27-12-16-9-14-6-4-5-7-17(14)32-16)10-20(28)25(13)24(29)21-18(30-2)11-19(31-3)22(26)23(21)33-25/h4-7,10-11,13,16,27H,8-9,12H2,1-3H3/t13-,16?,25+/m1/s1. The first-order valence-corrected chi connectivity index (χ1v) is 11.2. The van der Waals surface area contributed by atoms with Crippen LogP contribution >= 0.6 is 11.6 Å². The summed E-state index contributed by atoms with van der Waals surface area (Å²) in [5.41, 5.74) is 0.428. The Bertz CT molecular complexity index is 1170. The van der Waals surface area contributed by atoms with Crippen LogP contribution in [0.4, 0.5) is 0 Å². The molecule has 1 aliphatic carbocycles. The molecule has 7 nitrogen and oxygen atoms in total. The fourth-order valence-electron chi connectivity index (χ4n) is 4.86. The molecular weight excluding hydrogens is 446 g/mol. The van der Waals surface area contributed by atoms with Crippen LogP contribution < -0.4 is 24.3 Å². The molecule has 0 saturated carbocycles. The van der Waals surface area contributed by atoms with Gasteiger partial charge in [-0.15, -0.1) is 0 Å². The summed E-state index contributed by atoms with van der Waals surface area (Å²) in [6.45, 7) is 2.38. The number of hydrogen-bond acceptors (Lipinski definition) is 7. The van der Waals surface area contributed by atoms with Crippen LogP contribution in [-0.4, -0.2) is 44.0 Å². The molecule has 1 N–H and O–H groups in total. The molecule has 0 amide bonds. The topological polar surface area (TPSA) is 83.1 Å². The lowest BCUT2D eigenvalue weighted by Crippen LogP contribution is -2.55. The molecule has 5 rings (SSSR count). The number of ether oxygens (including phenoxy) is 4. The van der Waals surface area contributed by atoms with Gasteiger partial charge in [-0.3, -0.25) is 9.59 Å². The van der Waals surface area contributed by atoms with Crippen LogP contribution in [0.25, 0.3) is 0 Å². The Labute approximate surface area is 196 Å². The van der Waals surface area contributed by atoms with Crippen molar-refractivity contribution < 1.29 is 28.5 Å². The lowest BCUT2D eigenvalue weighted by atomic mass is 9.74. The summed E-state index contributed by atoms with van der Waals surface area (Å²) in [6, 6.07) is 9.49. The van der Waals surface area contributed by atoms with Gasteiger partial charge in [0.15, 0.2) is 5.75 Å². The Kier molecular flexibility index (Phi) is 5.24. The van der Waals surface area contributed by atoms with E-state index in [1.165, 1.54) is 31.9 Å². The van der Waals surface area contributed by atoms with Gasteiger partial charge in [0.1, 0.15) is 33.9 Å². The minimum Gasteiger partial charge on any atom is -0.496 e. The summed E-state index contributed by atoms with van der Waals surface area (Å²) >= 11 is 6.43. The number of halogens is 1. The number of methoxy groups -OCH3 is 2. The van der Waals surface area contributed by atoms with Crippen LogP contribution in [0, 0.1) is 5.92 Å². The molecule has 1 unspecified atom stereocenters. The normalized spacial score (nSPS) is 25.2. The van der Waals surface area contributed by atoms with Crippen molar-refractivity contribution in [2.24, 2.45) is 5.92 Å². The Balaban J connectivity index is 1.37. The van der Waals surface area contributed by atoms with Crippen LogP contribution in [0.5, 0.6) is 23.0 Å². The van der Waals surface area contributed by atoms with Crippen molar-refractivity contribution in [2.75, 3.05) is 20.8 Å². The lowest BCUT2D eigenvalue weighted by Gasteiger charge is -2.35. The number of carbonyl (C=O) groups excluding carboxylic acids is 2. The van der Waals surface area contributed by atoms with Crippen molar-refractivity contribution in [3.63, 3.8) is 0 Å². The molecule has 2 aliphatic heterocycles. The van der Waals surface area contributed by atoms with Crippen molar-refractivity contribution in [1.82, 2.24) is 5.32 Å². The number of para-hydroxylation sites is 1. The van der Waals surface area contributed by atoms with E-state index in [1.807, 2.05) is 25.1 Å². The van der Waals surface area contributed by atoms with Gasteiger partial charge < -0.3 is 24.3 Å². The predicted molar refractivity (Wildman–Crippen MR) is 122 cm³/mol. The second-order valence-electron chi connectivity index (χ2n) is 8.54. The minimum absolute atomic E-state index is 0.0197. The average Bonchev–Trinajstić information content (AvgIpc) is 3.36. The van der Waals surface area contributed by atoms with E-state index >= 15 is 0 Å². The van der Waals surface area contributed by atoms with E-state index in [9.17, 15) is 9.59 Å². The maximum absolute atomic E-state index is 13.5. The molecule has 3 aliphatic rings. The highest BCUT2D eigenvalue weighted by Crippen LogP contribution is 2.52. The van der Waals surface area contributed by atoms with E-state index in [1.54, 1.807) is 0 Å². The first-order chi connectivity index (χ1) is 15.9. The first-order valence-electron chi connectivity index (χ1n) is 10.8. The molecule has 2 heterocycles. The number of hydrogen-bond donors (Lipinski definition) is 1. The summed E-state index contributed by atoms with van der Waals surface area (Å²) in [4.78, 5) is 26.9. The van der Waals surface area contributed by atoms with Crippen molar-refractivity contribution in [3.8, 4) is 23.0 Å². The van der Waals surface area contributed by atoms with Gasteiger partial charge in [-0.25, -0.2) is 0 Å². The van der Waals surface area contributed by atoms with Gasteiger partial charge in [0.05, 0.1) is 20.8 Å². The third kappa shape index (κ3) is 3.25. The zero-order chi connectivity index (χ0) is 23.3. The zero-order valence-corrected chi connectivity index (χ0v) is 19.3. The number of carbonyl (C=O) groups is 2. The summed E-state index contributed by atoms with van der Waals surface area (Å²) in [6.07, 6.45) is 2.71.